The maximum absolute atomic E-state index is 12.4. The van der Waals surface area contributed by atoms with Gasteiger partial charge in [0.1, 0.15) is 5.37 Å². The summed E-state index contributed by atoms with van der Waals surface area (Å²) < 4.78 is 0. The maximum atomic E-state index is 12.4. The number of rotatable bonds is 4. The van der Waals surface area contributed by atoms with Crippen molar-refractivity contribution in [2.75, 3.05) is 6.54 Å². The number of carbonyl (C=O) groups is 1. The van der Waals surface area contributed by atoms with Crippen LogP contribution >= 0.6 is 34.7 Å². The number of benzene rings is 1. The monoisotopic (exact) mass is 337 g/mol. The first-order valence-corrected chi connectivity index (χ1v) is 9.09. The van der Waals surface area contributed by atoms with Gasteiger partial charge in [0, 0.05) is 16.4 Å². The third kappa shape index (κ3) is 3.28. The van der Waals surface area contributed by atoms with Crippen LogP contribution < -0.4 is 0 Å². The van der Waals surface area contributed by atoms with Crippen LogP contribution in [0.4, 0.5) is 0 Å². The largest absolute Gasteiger partial charge is 0.325 e. The van der Waals surface area contributed by atoms with Gasteiger partial charge in [-0.3, -0.25) is 4.79 Å². The fraction of sp³-hybridized carbons (Fsp3) is 0.312. The molecule has 1 fully saturated rings. The zero-order chi connectivity index (χ0) is 14.8. The number of nitrogens with zero attached hydrogens (tertiary/aromatic N) is 1. The summed E-state index contributed by atoms with van der Waals surface area (Å²) in [6.07, 6.45) is 0.917. The summed E-state index contributed by atoms with van der Waals surface area (Å²) in [6.45, 7) is 2.76. The fourth-order valence-electron chi connectivity index (χ4n) is 2.47. The highest BCUT2D eigenvalue weighted by atomic mass is 35.5. The van der Waals surface area contributed by atoms with E-state index in [-0.39, 0.29) is 16.5 Å². The summed E-state index contributed by atoms with van der Waals surface area (Å²) in [5.74, 6) is 0.233. The molecule has 0 N–H and O–H groups in total. The second-order valence-electron chi connectivity index (χ2n) is 5.04. The van der Waals surface area contributed by atoms with Crippen LogP contribution in [0.15, 0.2) is 41.8 Å². The minimum atomic E-state index is 0.0222. The minimum Gasteiger partial charge on any atom is -0.325 e. The van der Waals surface area contributed by atoms with Crippen molar-refractivity contribution in [3.8, 4) is 0 Å². The van der Waals surface area contributed by atoms with Crippen LogP contribution in [-0.4, -0.2) is 22.6 Å². The van der Waals surface area contributed by atoms with E-state index in [1.165, 1.54) is 4.88 Å². The van der Waals surface area contributed by atoms with E-state index in [1.807, 2.05) is 36.1 Å². The first-order valence-electron chi connectivity index (χ1n) is 6.89. The predicted molar refractivity (Wildman–Crippen MR) is 91.0 cm³/mol. The number of thiophene rings is 1. The molecule has 2 heterocycles. The number of amides is 1. The van der Waals surface area contributed by atoms with Crippen LogP contribution in [0.3, 0.4) is 0 Å². The summed E-state index contributed by atoms with van der Waals surface area (Å²) >= 11 is 9.41. The van der Waals surface area contributed by atoms with E-state index in [0.717, 1.165) is 23.6 Å². The molecule has 0 radical (unpaired) electrons. The topological polar surface area (TPSA) is 20.3 Å². The van der Waals surface area contributed by atoms with Crippen molar-refractivity contribution in [3.63, 3.8) is 0 Å². The maximum Gasteiger partial charge on any atom is 0.236 e. The van der Waals surface area contributed by atoms with Crippen LogP contribution in [-0.2, 0) is 11.2 Å². The van der Waals surface area contributed by atoms with Crippen molar-refractivity contribution < 1.29 is 4.79 Å². The Kier molecular flexibility index (Phi) is 4.57. The van der Waals surface area contributed by atoms with Gasteiger partial charge in [0.2, 0.25) is 5.91 Å². The molecule has 1 aromatic heterocycles. The quantitative estimate of drug-likeness (QED) is 0.812. The molecule has 0 aliphatic carbocycles. The van der Waals surface area contributed by atoms with Crippen LogP contribution in [0.2, 0.25) is 5.02 Å². The van der Waals surface area contributed by atoms with Gasteiger partial charge in [0.25, 0.3) is 0 Å². The molecule has 1 amide bonds. The standard InChI is InChI=1S/C16H16ClNOS2/c1-11-15(19)18(9-8-14-3-2-10-20-14)16(21-11)12-4-6-13(17)7-5-12/h2-7,10-11,16H,8-9H2,1H3. The lowest BCUT2D eigenvalue weighted by molar-refractivity contribution is -0.129. The van der Waals surface area contributed by atoms with Crippen molar-refractivity contribution in [2.24, 2.45) is 0 Å². The van der Waals surface area contributed by atoms with Gasteiger partial charge in [-0.25, -0.2) is 0 Å². The molecule has 2 unspecified atom stereocenters. The number of carbonyl (C=O) groups excluding carboxylic acids is 1. The highest BCUT2D eigenvalue weighted by Crippen LogP contribution is 2.43. The smallest absolute Gasteiger partial charge is 0.236 e. The van der Waals surface area contributed by atoms with Crippen LogP contribution in [0, 0.1) is 0 Å². The average molecular weight is 338 g/mol. The molecule has 1 aromatic carbocycles. The number of halogens is 1. The van der Waals surface area contributed by atoms with Crippen molar-refractivity contribution in [1.82, 2.24) is 4.90 Å². The molecule has 2 nitrogen and oxygen atoms in total. The molecule has 21 heavy (non-hydrogen) atoms. The molecule has 1 saturated heterocycles. The first-order chi connectivity index (χ1) is 10.1. The van der Waals surface area contributed by atoms with E-state index in [0.29, 0.717) is 0 Å². The van der Waals surface area contributed by atoms with Gasteiger partial charge in [-0.15, -0.1) is 23.1 Å². The Hall–Kier alpha value is -0.970. The van der Waals surface area contributed by atoms with Gasteiger partial charge in [0.05, 0.1) is 5.25 Å². The summed E-state index contributed by atoms with van der Waals surface area (Å²) in [5.41, 5.74) is 1.15. The lowest BCUT2D eigenvalue weighted by atomic mass is 10.2. The third-order valence-electron chi connectivity index (χ3n) is 3.58. The van der Waals surface area contributed by atoms with E-state index < -0.39 is 0 Å². The van der Waals surface area contributed by atoms with Crippen molar-refractivity contribution in [3.05, 3.63) is 57.2 Å². The normalized spacial score (nSPS) is 22.0. The van der Waals surface area contributed by atoms with Gasteiger partial charge in [-0.2, -0.15) is 0 Å². The Morgan fingerprint density at radius 1 is 1.24 bits per heavy atom. The van der Waals surface area contributed by atoms with Crippen LogP contribution in [0.5, 0.6) is 0 Å². The summed E-state index contributed by atoms with van der Waals surface area (Å²) in [7, 11) is 0. The molecule has 0 spiro atoms. The van der Waals surface area contributed by atoms with Crippen LogP contribution in [0.1, 0.15) is 22.7 Å². The van der Waals surface area contributed by atoms with E-state index in [2.05, 4.69) is 17.5 Å². The Morgan fingerprint density at radius 3 is 2.67 bits per heavy atom. The molecular formula is C16H16ClNOS2. The molecule has 0 bridgehead atoms. The number of hydrogen-bond acceptors (Lipinski definition) is 3. The highest BCUT2D eigenvalue weighted by molar-refractivity contribution is 8.01. The number of hydrogen-bond donors (Lipinski definition) is 0. The van der Waals surface area contributed by atoms with Gasteiger partial charge in [-0.05, 0) is 42.5 Å². The zero-order valence-corrected chi connectivity index (χ0v) is 14.0. The van der Waals surface area contributed by atoms with Crippen molar-refractivity contribution in [2.45, 2.75) is 24.0 Å². The van der Waals surface area contributed by atoms with Gasteiger partial charge in [-0.1, -0.05) is 29.8 Å². The molecule has 0 saturated carbocycles. The summed E-state index contributed by atoms with van der Waals surface area (Å²) in [4.78, 5) is 15.7. The van der Waals surface area contributed by atoms with Gasteiger partial charge in [0.15, 0.2) is 0 Å². The SMILES string of the molecule is CC1SC(c2ccc(Cl)cc2)N(CCc2cccs2)C1=O. The molecule has 1 aliphatic rings. The molecule has 110 valence electrons. The van der Waals surface area contributed by atoms with Crippen molar-refractivity contribution >= 4 is 40.6 Å². The Bertz CT molecular complexity index is 612. The zero-order valence-electron chi connectivity index (χ0n) is 11.7. The Morgan fingerprint density at radius 2 is 2.00 bits per heavy atom. The Labute approximate surface area is 138 Å². The van der Waals surface area contributed by atoms with Gasteiger partial charge >= 0.3 is 0 Å². The average Bonchev–Trinajstić information content (AvgIpc) is 3.08. The molecule has 1 aliphatic heterocycles. The molecule has 2 atom stereocenters. The lowest BCUT2D eigenvalue weighted by Crippen LogP contribution is -2.32. The molecule has 3 rings (SSSR count). The highest BCUT2D eigenvalue weighted by Gasteiger charge is 2.37. The van der Waals surface area contributed by atoms with E-state index in [1.54, 1.807) is 23.1 Å². The second kappa shape index (κ2) is 6.42. The molecule has 5 heteroatoms. The second-order valence-corrected chi connectivity index (χ2v) is 7.94. The minimum absolute atomic E-state index is 0.0222. The van der Waals surface area contributed by atoms with Crippen LogP contribution in [0.25, 0.3) is 0 Å². The molecular weight excluding hydrogens is 322 g/mol. The van der Waals surface area contributed by atoms with Gasteiger partial charge < -0.3 is 4.90 Å². The number of thioether (sulfide) groups is 1. The fourth-order valence-corrected chi connectivity index (χ4v) is 4.61. The third-order valence-corrected chi connectivity index (χ3v) is 6.16. The molecule has 2 aromatic rings. The Balaban J connectivity index is 1.77. The van der Waals surface area contributed by atoms with E-state index in [4.69, 9.17) is 11.6 Å². The summed E-state index contributed by atoms with van der Waals surface area (Å²) in [6, 6.07) is 12.0. The lowest BCUT2D eigenvalue weighted by Gasteiger charge is -2.24. The predicted octanol–water partition coefficient (Wildman–Crippen LogP) is 4.61. The van der Waals surface area contributed by atoms with E-state index >= 15 is 0 Å². The van der Waals surface area contributed by atoms with Crippen molar-refractivity contribution in [1.29, 1.82) is 0 Å². The van der Waals surface area contributed by atoms with E-state index in [9.17, 15) is 4.79 Å². The first kappa shape index (κ1) is 14.9. The summed E-state index contributed by atoms with van der Waals surface area (Å²) in [5, 5.41) is 2.93.